The fraction of sp³-hybridized carbons (Fsp3) is 1.00. The van der Waals surface area contributed by atoms with Crippen LogP contribution in [0.4, 0.5) is 0 Å². The lowest BCUT2D eigenvalue weighted by molar-refractivity contribution is 0.196. The molecule has 2 N–H and O–H groups in total. The molecule has 0 aromatic rings. The standard InChI is InChI=1S/C12H24N2O2S/c1-12(2,3)9-4-5-14(6-9)11-8-17(15,16)7-10(11)13/h9-11H,4-8,13H2,1-3H3. The molecule has 0 spiro atoms. The molecule has 2 fully saturated rings. The molecule has 0 aromatic carbocycles. The molecule has 0 amide bonds. The first-order valence-corrected chi connectivity index (χ1v) is 8.21. The monoisotopic (exact) mass is 260 g/mol. The summed E-state index contributed by atoms with van der Waals surface area (Å²) >= 11 is 0. The van der Waals surface area contributed by atoms with Gasteiger partial charge >= 0.3 is 0 Å². The average Bonchev–Trinajstić information content (AvgIpc) is 2.68. The van der Waals surface area contributed by atoms with E-state index >= 15 is 0 Å². The van der Waals surface area contributed by atoms with Crippen LogP contribution in [0.3, 0.4) is 0 Å². The normalized spacial score (nSPS) is 38.7. The molecule has 3 unspecified atom stereocenters. The topological polar surface area (TPSA) is 63.4 Å². The second kappa shape index (κ2) is 4.21. The van der Waals surface area contributed by atoms with Crippen LogP contribution in [0.5, 0.6) is 0 Å². The predicted molar refractivity (Wildman–Crippen MR) is 69.6 cm³/mol. The van der Waals surface area contributed by atoms with E-state index in [2.05, 4.69) is 25.7 Å². The van der Waals surface area contributed by atoms with Crippen LogP contribution in [0.15, 0.2) is 0 Å². The molecule has 0 saturated carbocycles. The van der Waals surface area contributed by atoms with Crippen LogP contribution < -0.4 is 5.73 Å². The quantitative estimate of drug-likeness (QED) is 0.745. The summed E-state index contributed by atoms with van der Waals surface area (Å²) < 4.78 is 23.2. The summed E-state index contributed by atoms with van der Waals surface area (Å²) in [4.78, 5) is 2.30. The van der Waals surface area contributed by atoms with Crippen molar-refractivity contribution in [3.05, 3.63) is 0 Å². The zero-order chi connectivity index (χ0) is 12.8. The molecule has 3 atom stereocenters. The van der Waals surface area contributed by atoms with Crippen molar-refractivity contribution in [2.75, 3.05) is 24.6 Å². The minimum Gasteiger partial charge on any atom is -0.325 e. The minimum atomic E-state index is -2.90. The third-order valence-electron chi connectivity index (χ3n) is 4.28. The molecular weight excluding hydrogens is 236 g/mol. The summed E-state index contributed by atoms with van der Waals surface area (Å²) in [6, 6.07) is -0.147. The number of likely N-dealkylation sites (tertiary alicyclic amines) is 1. The summed E-state index contributed by atoms with van der Waals surface area (Å²) in [6.07, 6.45) is 1.16. The Labute approximate surface area is 104 Å². The Morgan fingerprint density at radius 2 is 1.88 bits per heavy atom. The average molecular weight is 260 g/mol. The molecule has 2 aliphatic rings. The van der Waals surface area contributed by atoms with E-state index in [1.54, 1.807) is 0 Å². The molecule has 2 rings (SSSR count). The Morgan fingerprint density at radius 1 is 1.24 bits per heavy atom. The Balaban J connectivity index is 2.02. The molecule has 0 aromatic heterocycles. The van der Waals surface area contributed by atoms with Gasteiger partial charge in [0.25, 0.3) is 0 Å². The Kier molecular flexibility index (Phi) is 3.30. The van der Waals surface area contributed by atoms with Gasteiger partial charge in [0, 0.05) is 18.6 Å². The lowest BCUT2D eigenvalue weighted by Crippen LogP contribution is -2.46. The van der Waals surface area contributed by atoms with Crippen LogP contribution in [0, 0.1) is 11.3 Å². The second-order valence-electron chi connectivity index (χ2n) is 6.65. The highest BCUT2D eigenvalue weighted by Crippen LogP contribution is 2.35. The first-order valence-electron chi connectivity index (χ1n) is 6.39. The van der Waals surface area contributed by atoms with E-state index in [1.807, 2.05) is 0 Å². The maximum absolute atomic E-state index is 11.6. The van der Waals surface area contributed by atoms with Gasteiger partial charge in [-0.1, -0.05) is 20.8 Å². The first-order chi connectivity index (χ1) is 7.69. The molecular formula is C12H24N2O2S. The molecule has 0 radical (unpaired) electrons. The molecule has 2 heterocycles. The van der Waals surface area contributed by atoms with Gasteiger partial charge in [-0.2, -0.15) is 0 Å². The maximum atomic E-state index is 11.6. The smallest absolute Gasteiger partial charge is 0.153 e. The van der Waals surface area contributed by atoms with Gasteiger partial charge in [-0.05, 0) is 24.3 Å². The molecule has 17 heavy (non-hydrogen) atoms. The van der Waals surface area contributed by atoms with Crippen LogP contribution in [0.2, 0.25) is 0 Å². The van der Waals surface area contributed by atoms with Crippen LogP contribution in [0.25, 0.3) is 0 Å². The molecule has 0 aliphatic carbocycles. The number of rotatable bonds is 1. The van der Waals surface area contributed by atoms with Gasteiger partial charge in [0.15, 0.2) is 9.84 Å². The third kappa shape index (κ3) is 2.83. The number of nitrogens with zero attached hydrogens (tertiary/aromatic N) is 1. The molecule has 4 nitrogen and oxygen atoms in total. The SMILES string of the molecule is CC(C)(C)C1CCN(C2CS(=O)(=O)CC2N)C1. The van der Waals surface area contributed by atoms with Crippen molar-refractivity contribution >= 4 is 9.84 Å². The molecule has 100 valence electrons. The third-order valence-corrected chi connectivity index (χ3v) is 6.02. The zero-order valence-electron chi connectivity index (χ0n) is 11.0. The highest BCUT2D eigenvalue weighted by Gasteiger charge is 2.42. The van der Waals surface area contributed by atoms with Crippen molar-refractivity contribution in [3.8, 4) is 0 Å². The fourth-order valence-corrected chi connectivity index (χ4v) is 4.95. The first kappa shape index (κ1) is 13.3. The predicted octanol–water partition coefficient (Wildman–Crippen LogP) is 0.479. The highest BCUT2D eigenvalue weighted by molar-refractivity contribution is 7.91. The van der Waals surface area contributed by atoms with Crippen LogP contribution in [-0.4, -0.2) is 50.0 Å². The lowest BCUT2D eigenvalue weighted by Gasteiger charge is -2.30. The van der Waals surface area contributed by atoms with Gasteiger partial charge < -0.3 is 5.73 Å². The van der Waals surface area contributed by atoms with Crippen molar-refractivity contribution in [1.29, 1.82) is 0 Å². The van der Waals surface area contributed by atoms with Gasteiger partial charge in [-0.15, -0.1) is 0 Å². The summed E-state index contributed by atoms with van der Waals surface area (Å²) in [7, 11) is -2.90. The minimum absolute atomic E-state index is 0.0485. The van der Waals surface area contributed by atoms with E-state index in [1.165, 1.54) is 0 Å². The van der Waals surface area contributed by atoms with E-state index in [0.29, 0.717) is 11.3 Å². The molecule has 0 bridgehead atoms. The Morgan fingerprint density at radius 3 is 2.29 bits per heavy atom. The summed E-state index contributed by atoms with van der Waals surface area (Å²) in [5.74, 6) is 1.07. The van der Waals surface area contributed by atoms with E-state index in [4.69, 9.17) is 5.73 Å². The lowest BCUT2D eigenvalue weighted by atomic mass is 9.80. The van der Waals surface area contributed by atoms with E-state index in [-0.39, 0.29) is 23.6 Å². The van der Waals surface area contributed by atoms with Crippen molar-refractivity contribution < 1.29 is 8.42 Å². The van der Waals surface area contributed by atoms with Gasteiger partial charge in [0.2, 0.25) is 0 Å². The highest BCUT2D eigenvalue weighted by atomic mass is 32.2. The number of nitrogens with two attached hydrogens (primary N) is 1. The van der Waals surface area contributed by atoms with Gasteiger partial charge in [0.05, 0.1) is 11.5 Å². The Hall–Kier alpha value is -0.130. The van der Waals surface area contributed by atoms with E-state index < -0.39 is 9.84 Å². The van der Waals surface area contributed by atoms with Crippen LogP contribution >= 0.6 is 0 Å². The van der Waals surface area contributed by atoms with Gasteiger partial charge in [-0.3, -0.25) is 4.90 Å². The molecule has 2 aliphatic heterocycles. The summed E-state index contributed by atoms with van der Waals surface area (Å²) in [5.41, 5.74) is 6.27. The fourth-order valence-electron chi connectivity index (χ4n) is 3.03. The number of hydrogen-bond donors (Lipinski definition) is 1. The number of hydrogen-bond acceptors (Lipinski definition) is 4. The van der Waals surface area contributed by atoms with Crippen molar-refractivity contribution in [3.63, 3.8) is 0 Å². The summed E-state index contributed by atoms with van der Waals surface area (Å²) in [6.45, 7) is 8.76. The summed E-state index contributed by atoms with van der Waals surface area (Å²) in [5, 5.41) is 0. The van der Waals surface area contributed by atoms with Crippen molar-refractivity contribution in [2.24, 2.45) is 17.1 Å². The Bertz CT molecular complexity index is 386. The molecule has 5 heteroatoms. The molecule has 2 saturated heterocycles. The zero-order valence-corrected chi connectivity index (χ0v) is 11.8. The maximum Gasteiger partial charge on any atom is 0.153 e. The van der Waals surface area contributed by atoms with Gasteiger partial charge in [0.1, 0.15) is 0 Å². The van der Waals surface area contributed by atoms with Crippen LogP contribution in [0.1, 0.15) is 27.2 Å². The van der Waals surface area contributed by atoms with Crippen LogP contribution in [-0.2, 0) is 9.84 Å². The van der Waals surface area contributed by atoms with E-state index in [0.717, 1.165) is 19.5 Å². The van der Waals surface area contributed by atoms with Gasteiger partial charge in [-0.25, -0.2) is 8.42 Å². The number of sulfone groups is 1. The second-order valence-corrected chi connectivity index (χ2v) is 8.81. The van der Waals surface area contributed by atoms with E-state index in [9.17, 15) is 8.42 Å². The van der Waals surface area contributed by atoms with Crippen molar-refractivity contribution in [2.45, 2.75) is 39.3 Å². The largest absolute Gasteiger partial charge is 0.325 e. The van der Waals surface area contributed by atoms with Crippen molar-refractivity contribution in [1.82, 2.24) is 4.90 Å².